The standard InChI is InChI=1S/C18H27OSi.2ClH.Ti/c1-14(2)19-18(12-11-15(3)13-16(18)4)20(5,6)17-9-7-8-10-17;;;/h7,9,11,13-14H,8,12H2,1-6H3;2*1H;/q-1;;;+3/p-2. The third kappa shape index (κ3) is 4.96. The van der Waals surface area contributed by atoms with E-state index in [0.717, 1.165) is 12.8 Å². The summed E-state index contributed by atoms with van der Waals surface area (Å²) in [4.78, 5) is 0. The molecular weight excluding hydrogens is 379 g/mol. The van der Waals surface area contributed by atoms with E-state index in [0.29, 0.717) is 0 Å². The third-order valence-corrected chi connectivity index (χ3v) is 9.03. The number of ether oxygens (including phenoxy) is 1. The summed E-state index contributed by atoms with van der Waals surface area (Å²) in [5.41, 5.74) is 2.74. The van der Waals surface area contributed by atoms with Crippen molar-refractivity contribution >= 4 is 8.07 Å². The average Bonchev–Trinajstić information content (AvgIpc) is 2.86. The number of hydrogen-bond acceptors (Lipinski definition) is 1. The van der Waals surface area contributed by atoms with Crippen LogP contribution in [0.5, 0.6) is 0 Å². The summed E-state index contributed by atoms with van der Waals surface area (Å²) in [6.45, 7) is 13.6. The quantitative estimate of drug-likeness (QED) is 0.427. The molecule has 0 N–H and O–H groups in total. The maximum atomic E-state index is 6.57. The molecular formula is C18H27Cl2OSiTi. The molecule has 0 bridgehead atoms. The molecule has 1 atom stereocenters. The molecule has 0 fully saturated rings. The summed E-state index contributed by atoms with van der Waals surface area (Å²) in [7, 11) is -1.79. The van der Waals surface area contributed by atoms with Crippen LogP contribution in [0.3, 0.4) is 0 Å². The minimum absolute atomic E-state index is 0. The van der Waals surface area contributed by atoms with Gasteiger partial charge in [0.05, 0.1) is 19.4 Å². The maximum absolute atomic E-state index is 6.57. The molecule has 0 aromatic heterocycles. The van der Waals surface area contributed by atoms with Gasteiger partial charge in [-0.1, -0.05) is 30.8 Å². The van der Waals surface area contributed by atoms with Crippen molar-refractivity contribution in [2.24, 2.45) is 0 Å². The van der Waals surface area contributed by atoms with Crippen LogP contribution in [0.1, 0.15) is 40.5 Å². The molecule has 0 amide bonds. The fourth-order valence-electron chi connectivity index (χ4n) is 3.47. The van der Waals surface area contributed by atoms with Gasteiger partial charge < -0.3 is 29.6 Å². The largest absolute Gasteiger partial charge is 3.00 e. The van der Waals surface area contributed by atoms with E-state index in [-0.39, 0.29) is 57.9 Å². The Hall–Kier alpha value is 0.431. The van der Waals surface area contributed by atoms with Crippen molar-refractivity contribution in [3.63, 3.8) is 0 Å². The van der Waals surface area contributed by atoms with Crippen LogP contribution in [0.2, 0.25) is 13.1 Å². The first-order valence-electron chi connectivity index (χ1n) is 7.61. The van der Waals surface area contributed by atoms with Crippen molar-refractivity contribution in [3.05, 3.63) is 46.7 Å². The van der Waals surface area contributed by atoms with Gasteiger partial charge in [-0.05, 0) is 39.7 Å². The van der Waals surface area contributed by atoms with Gasteiger partial charge in [0.25, 0.3) is 0 Å². The van der Waals surface area contributed by atoms with Crippen molar-refractivity contribution in [1.82, 2.24) is 0 Å². The van der Waals surface area contributed by atoms with Gasteiger partial charge in [0.1, 0.15) is 0 Å². The van der Waals surface area contributed by atoms with E-state index in [1.807, 2.05) is 0 Å². The first-order valence-corrected chi connectivity index (χ1v) is 10.6. The number of allylic oxidation sites excluding steroid dienone is 6. The first-order chi connectivity index (χ1) is 9.29. The number of rotatable bonds is 4. The second-order valence-electron chi connectivity index (χ2n) is 6.80. The van der Waals surface area contributed by atoms with Crippen LogP contribution < -0.4 is 24.8 Å². The van der Waals surface area contributed by atoms with E-state index in [1.165, 1.54) is 16.3 Å². The summed E-state index contributed by atoms with van der Waals surface area (Å²) >= 11 is 0. The Bertz CT molecular complexity index is 521. The summed E-state index contributed by atoms with van der Waals surface area (Å²) in [6.07, 6.45) is 14.9. The van der Waals surface area contributed by atoms with E-state index in [9.17, 15) is 0 Å². The van der Waals surface area contributed by atoms with E-state index in [2.05, 4.69) is 71.2 Å². The first kappa shape index (κ1) is 25.7. The fraction of sp³-hybridized carbons (Fsp3) is 0.556. The molecule has 2 aliphatic carbocycles. The molecule has 1 unspecified atom stereocenters. The summed E-state index contributed by atoms with van der Waals surface area (Å²) in [5, 5.41) is 1.29. The summed E-state index contributed by atoms with van der Waals surface area (Å²) < 4.78 is 6.57. The molecule has 0 heterocycles. The van der Waals surface area contributed by atoms with Crippen molar-refractivity contribution < 1.29 is 51.3 Å². The van der Waals surface area contributed by atoms with Crippen molar-refractivity contribution in [1.29, 1.82) is 0 Å². The fourth-order valence-corrected chi connectivity index (χ4v) is 7.19. The zero-order chi connectivity index (χ0) is 15.0. The van der Waals surface area contributed by atoms with Crippen molar-refractivity contribution in [3.8, 4) is 0 Å². The average molecular weight is 406 g/mol. The van der Waals surface area contributed by atoms with E-state index >= 15 is 0 Å². The van der Waals surface area contributed by atoms with Gasteiger partial charge in [0, 0.05) is 0 Å². The molecule has 2 rings (SSSR count). The molecule has 0 saturated heterocycles. The van der Waals surface area contributed by atoms with Gasteiger partial charge in [0.15, 0.2) is 0 Å². The third-order valence-electron chi connectivity index (χ3n) is 4.61. The molecule has 0 saturated carbocycles. The smallest absolute Gasteiger partial charge is 1.00 e. The molecule has 1 nitrogen and oxygen atoms in total. The molecule has 1 radical (unpaired) electrons. The summed E-state index contributed by atoms with van der Waals surface area (Å²) in [6, 6.07) is 0. The zero-order valence-corrected chi connectivity index (χ0v) is 19.0. The monoisotopic (exact) mass is 405 g/mol. The summed E-state index contributed by atoms with van der Waals surface area (Å²) in [5.74, 6) is 0. The Morgan fingerprint density at radius 3 is 2.26 bits per heavy atom. The minimum Gasteiger partial charge on any atom is -1.00 e. The van der Waals surface area contributed by atoms with Crippen LogP contribution in [-0.4, -0.2) is 19.4 Å². The van der Waals surface area contributed by atoms with Gasteiger partial charge in [-0.3, -0.25) is 6.08 Å². The molecule has 5 heteroatoms. The van der Waals surface area contributed by atoms with Crippen LogP contribution in [-0.2, 0) is 26.5 Å². The van der Waals surface area contributed by atoms with E-state index in [4.69, 9.17) is 4.74 Å². The minimum atomic E-state index is -1.79. The van der Waals surface area contributed by atoms with E-state index in [1.54, 1.807) is 0 Å². The molecule has 0 aromatic carbocycles. The van der Waals surface area contributed by atoms with Gasteiger partial charge in [-0.15, -0.1) is 6.42 Å². The van der Waals surface area contributed by atoms with Gasteiger partial charge in [-0.25, -0.2) is 11.3 Å². The SMILES string of the molecule is CC1=CCC(OC(C)C)([Si](C)(C)C2=[C-]CC=C2)C(C)=C1.[Cl-].[Cl-].[Ti+3]. The zero-order valence-electron chi connectivity index (χ0n) is 15.0. The van der Waals surface area contributed by atoms with Crippen LogP contribution in [0.15, 0.2) is 40.6 Å². The Kier molecular flexibility index (Phi) is 10.9. The molecule has 0 aromatic rings. The maximum Gasteiger partial charge on any atom is 3.00 e. The molecule has 0 aliphatic heterocycles. The Balaban J connectivity index is 0. The van der Waals surface area contributed by atoms with Crippen molar-refractivity contribution in [2.45, 2.75) is 65.0 Å². The number of halogens is 2. The topological polar surface area (TPSA) is 9.23 Å². The second kappa shape index (κ2) is 9.80. The van der Waals surface area contributed by atoms with Gasteiger partial charge >= 0.3 is 21.7 Å². The Morgan fingerprint density at radius 2 is 1.83 bits per heavy atom. The molecule has 127 valence electrons. The van der Waals surface area contributed by atoms with Crippen LogP contribution >= 0.6 is 0 Å². The predicted molar refractivity (Wildman–Crippen MR) is 89.1 cm³/mol. The molecule has 0 spiro atoms. The molecule has 2 aliphatic rings. The number of hydrogen-bond donors (Lipinski definition) is 0. The predicted octanol–water partition coefficient (Wildman–Crippen LogP) is -1.07. The van der Waals surface area contributed by atoms with Gasteiger partial charge in [0.2, 0.25) is 0 Å². The van der Waals surface area contributed by atoms with Crippen LogP contribution in [0.4, 0.5) is 0 Å². The van der Waals surface area contributed by atoms with Gasteiger partial charge in [-0.2, -0.15) is 6.08 Å². The normalized spacial score (nSPS) is 23.2. The van der Waals surface area contributed by atoms with Crippen molar-refractivity contribution in [2.75, 3.05) is 0 Å². The second-order valence-corrected chi connectivity index (χ2v) is 11.4. The molecule has 23 heavy (non-hydrogen) atoms. The van der Waals surface area contributed by atoms with Crippen LogP contribution in [0.25, 0.3) is 0 Å². The van der Waals surface area contributed by atoms with E-state index < -0.39 is 8.07 Å². The van der Waals surface area contributed by atoms with Crippen LogP contribution in [0, 0.1) is 6.08 Å². The Morgan fingerprint density at radius 1 is 1.22 bits per heavy atom. The Labute approximate surface area is 170 Å².